The molecule has 4 nitrogen and oxygen atoms in total. The number of hydrogen-bond acceptors (Lipinski definition) is 5. The molecule has 0 radical (unpaired) electrons. The summed E-state index contributed by atoms with van der Waals surface area (Å²) in [6.45, 7) is 13.2. The summed E-state index contributed by atoms with van der Waals surface area (Å²) in [4.78, 5) is 4.85. The maximum Gasteiger partial charge on any atom is 0.124 e. The first-order chi connectivity index (χ1) is 14.0. The van der Waals surface area contributed by atoms with Crippen LogP contribution in [0, 0.1) is 11.3 Å². The molecule has 5 heteroatoms. The summed E-state index contributed by atoms with van der Waals surface area (Å²) < 4.78 is 6.83. The van der Waals surface area contributed by atoms with Crippen LogP contribution < -0.4 is 4.74 Å². The van der Waals surface area contributed by atoms with Crippen molar-refractivity contribution in [1.29, 1.82) is 5.26 Å². The van der Waals surface area contributed by atoms with Gasteiger partial charge in [0.05, 0.1) is 22.9 Å². The molecule has 0 bridgehead atoms. The van der Waals surface area contributed by atoms with E-state index in [0.717, 1.165) is 44.1 Å². The number of aromatic hydroxyl groups is 1. The van der Waals surface area contributed by atoms with Crippen LogP contribution in [0.2, 0.25) is 0 Å². The predicted molar refractivity (Wildman–Crippen MR) is 124 cm³/mol. The topological polar surface area (TPSA) is 66.1 Å². The third-order valence-corrected chi connectivity index (χ3v) is 6.10. The van der Waals surface area contributed by atoms with E-state index in [1.807, 2.05) is 18.2 Å². The summed E-state index contributed by atoms with van der Waals surface area (Å²) in [5.74, 6) is 1.18. The van der Waals surface area contributed by atoms with E-state index in [-0.39, 0.29) is 10.8 Å². The van der Waals surface area contributed by atoms with Gasteiger partial charge in [-0.05, 0) is 47.6 Å². The highest BCUT2D eigenvalue weighted by molar-refractivity contribution is 7.21. The van der Waals surface area contributed by atoms with Gasteiger partial charge in [0.2, 0.25) is 0 Å². The average Bonchev–Trinajstić information content (AvgIpc) is 3.07. The summed E-state index contributed by atoms with van der Waals surface area (Å²) in [5, 5.41) is 20.6. The SMILES string of the molecule is CC(C)(C)c1cc(-c2nc3ccc(OCCCC#N)cc3s2)cc(C(C)(C)C)c1O. The third kappa shape index (κ3) is 4.76. The van der Waals surface area contributed by atoms with Gasteiger partial charge in [-0.1, -0.05) is 41.5 Å². The van der Waals surface area contributed by atoms with E-state index in [1.165, 1.54) is 0 Å². The quantitative estimate of drug-likeness (QED) is 0.452. The molecule has 0 fully saturated rings. The number of rotatable bonds is 5. The lowest BCUT2D eigenvalue weighted by Gasteiger charge is -2.28. The van der Waals surface area contributed by atoms with Crippen LogP contribution in [0.15, 0.2) is 30.3 Å². The van der Waals surface area contributed by atoms with Crippen LogP contribution in [-0.2, 0) is 10.8 Å². The number of thiazole rings is 1. The van der Waals surface area contributed by atoms with Crippen molar-refractivity contribution in [3.63, 3.8) is 0 Å². The molecular formula is C25H30N2O2S. The van der Waals surface area contributed by atoms with Gasteiger partial charge in [-0.25, -0.2) is 4.98 Å². The average molecular weight is 423 g/mol. The van der Waals surface area contributed by atoms with Gasteiger partial charge in [0.15, 0.2) is 0 Å². The molecule has 0 aliphatic heterocycles. The van der Waals surface area contributed by atoms with Gasteiger partial charge < -0.3 is 9.84 Å². The second-order valence-corrected chi connectivity index (χ2v) is 10.7. The van der Waals surface area contributed by atoms with Crippen LogP contribution in [0.5, 0.6) is 11.5 Å². The number of benzene rings is 2. The van der Waals surface area contributed by atoms with Crippen LogP contribution in [0.25, 0.3) is 20.8 Å². The minimum absolute atomic E-state index is 0.179. The molecule has 0 atom stereocenters. The van der Waals surface area contributed by atoms with Gasteiger partial charge >= 0.3 is 0 Å². The van der Waals surface area contributed by atoms with Gasteiger partial charge in [0.1, 0.15) is 16.5 Å². The monoisotopic (exact) mass is 422 g/mol. The lowest BCUT2D eigenvalue weighted by atomic mass is 9.78. The van der Waals surface area contributed by atoms with E-state index in [0.29, 0.717) is 18.8 Å². The summed E-state index contributed by atoms with van der Waals surface area (Å²) in [5.41, 5.74) is 3.47. The lowest BCUT2D eigenvalue weighted by Crippen LogP contribution is -2.17. The minimum atomic E-state index is -0.179. The van der Waals surface area contributed by atoms with Crippen molar-refractivity contribution < 1.29 is 9.84 Å². The standard InChI is InChI=1S/C25H30N2O2S/c1-24(2,3)18-13-16(14-19(22(18)28)25(4,5)6)23-27-20-10-9-17(15-21(20)30-23)29-12-8-7-11-26/h9-10,13-15,28H,7-8,12H2,1-6H3. The van der Waals surface area contributed by atoms with Crippen molar-refractivity contribution in [2.24, 2.45) is 0 Å². The number of fused-ring (bicyclic) bond motifs is 1. The third-order valence-electron chi connectivity index (χ3n) is 5.03. The molecule has 1 heterocycles. The molecule has 0 spiro atoms. The smallest absolute Gasteiger partial charge is 0.124 e. The Morgan fingerprint density at radius 2 is 1.67 bits per heavy atom. The fourth-order valence-electron chi connectivity index (χ4n) is 3.36. The molecule has 0 saturated heterocycles. The molecule has 1 aromatic heterocycles. The zero-order chi connectivity index (χ0) is 22.1. The number of ether oxygens (including phenoxy) is 1. The van der Waals surface area contributed by atoms with Crippen LogP contribution in [-0.4, -0.2) is 16.7 Å². The second-order valence-electron chi connectivity index (χ2n) is 9.68. The van der Waals surface area contributed by atoms with Crippen molar-refractivity contribution in [2.45, 2.75) is 65.2 Å². The molecule has 0 amide bonds. The van der Waals surface area contributed by atoms with Gasteiger partial charge in [-0.2, -0.15) is 5.26 Å². The Morgan fingerprint density at radius 3 is 2.23 bits per heavy atom. The molecule has 1 N–H and O–H groups in total. The first kappa shape index (κ1) is 22.1. The van der Waals surface area contributed by atoms with Crippen molar-refractivity contribution in [3.8, 4) is 28.1 Å². The summed E-state index contributed by atoms with van der Waals surface area (Å²) in [6.07, 6.45) is 1.22. The molecule has 0 aliphatic rings. The number of nitrogens with zero attached hydrogens (tertiary/aromatic N) is 2. The van der Waals surface area contributed by atoms with Gasteiger partial charge in [0.25, 0.3) is 0 Å². The molecule has 2 aromatic carbocycles. The Kier molecular flexibility index (Phi) is 6.10. The van der Waals surface area contributed by atoms with E-state index >= 15 is 0 Å². The van der Waals surface area contributed by atoms with Crippen LogP contribution in [0.4, 0.5) is 0 Å². The number of unbranched alkanes of at least 4 members (excludes halogenated alkanes) is 1. The highest BCUT2D eigenvalue weighted by Gasteiger charge is 2.27. The Bertz CT molecular complexity index is 1060. The van der Waals surface area contributed by atoms with Crippen LogP contribution in [0.1, 0.15) is 65.5 Å². The number of phenolic OH excluding ortho intramolecular Hbond substituents is 1. The first-order valence-corrected chi connectivity index (χ1v) is 11.1. The molecule has 0 saturated carbocycles. The van der Waals surface area contributed by atoms with E-state index in [2.05, 4.69) is 59.7 Å². The zero-order valence-corrected chi connectivity index (χ0v) is 19.5. The fraction of sp³-hybridized carbons (Fsp3) is 0.440. The van der Waals surface area contributed by atoms with Crippen molar-refractivity contribution >= 4 is 21.6 Å². The summed E-state index contributed by atoms with van der Waals surface area (Å²) in [6, 6.07) is 12.2. The zero-order valence-electron chi connectivity index (χ0n) is 18.7. The molecule has 3 aromatic rings. The van der Waals surface area contributed by atoms with E-state index < -0.39 is 0 Å². The highest BCUT2D eigenvalue weighted by atomic mass is 32.1. The van der Waals surface area contributed by atoms with Crippen LogP contribution >= 0.6 is 11.3 Å². The van der Waals surface area contributed by atoms with E-state index in [9.17, 15) is 5.11 Å². The Balaban J connectivity index is 2.03. The lowest BCUT2D eigenvalue weighted by molar-refractivity contribution is 0.313. The Labute approximate surface area is 183 Å². The second kappa shape index (κ2) is 8.28. The van der Waals surface area contributed by atoms with Crippen molar-refractivity contribution in [3.05, 3.63) is 41.5 Å². The first-order valence-electron chi connectivity index (χ1n) is 10.3. The predicted octanol–water partition coefficient (Wildman–Crippen LogP) is 6.95. The largest absolute Gasteiger partial charge is 0.507 e. The highest BCUT2D eigenvalue weighted by Crippen LogP contribution is 2.43. The summed E-state index contributed by atoms with van der Waals surface area (Å²) >= 11 is 1.63. The fourth-order valence-corrected chi connectivity index (χ4v) is 4.34. The molecule has 0 unspecified atom stereocenters. The minimum Gasteiger partial charge on any atom is -0.507 e. The molecule has 0 aliphatic carbocycles. The maximum atomic E-state index is 11.0. The Hall–Kier alpha value is -2.58. The van der Waals surface area contributed by atoms with E-state index in [4.69, 9.17) is 15.0 Å². The molecule has 3 rings (SSSR count). The number of nitriles is 1. The number of aromatic nitrogens is 1. The van der Waals surface area contributed by atoms with Gasteiger partial charge in [-0.15, -0.1) is 11.3 Å². The normalized spacial score (nSPS) is 12.2. The van der Waals surface area contributed by atoms with Crippen LogP contribution in [0.3, 0.4) is 0 Å². The number of hydrogen-bond donors (Lipinski definition) is 1. The molecular weight excluding hydrogens is 392 g/mol. The Morgan fingerprint density at radius 1 is 1.03 bits per heavy atom. The van der Waals surface area contributed by atoms with Crippen molar-refractivity contribution in [1.82, 2.24) is 4.98 Å². The molecule has 158 valence electrons. The van der Waals surface area contributed by atoms with Gasteiger partial charge in [-0.3, -0.25) is 0 Å². The van der Waals surface area contributed by atoms with E-state index in [1.54, 1.807) is 11.3 Å². The number of phenols is 1. The molecule has 30 heavy (non-hydrogen) atoms. The van der Waals surface area contributed by atoms with Crippen molar-refractivity contribution in [2.75, 3.05) is 6.61 Å². The maximum absolute atomic E-state index is 11.0. The summed E-state index contributed by atoms with van der Waals surface area (Å²) in [7, 11) is 0. The van der Waals surface area contributed by atoms with Gasteiger partial charge in [0, 0.05) is 23.1 Å².